The van der Waals surface area contributed by atoms with Crippen molar-refractivity contribution in [3.05, 3.63) is 23.9 Å². The number of rotatable bonds is 3. The Morgan fingerprint density at radius 1 is 1.33 bits per heavy atom. The van der Waals surface area contributed by atoms with Crippen LogP contribution in [-0.4, -0.2) is 22.6 Å². The van der Waals surface area contributed by atoms with Gasteiger partial charge in [-0.05, 0) is 30.9 Å². The lowest BCUT2D eigenvalue weighted by atomic mass is 9.96. The van der Waals surface area contributed by atoms with Crippen molar-refractivity contribution >= 4 is 11.7 Å². The number of carbonyl (C=O) groups is 1. The van der Waals surface area contributed by atoms with E-state index in [2.05, 4.69) is 22.1 Å². The minimum absolute atomic E-state index is 0.0293. The van der Waals surface area contributed by atoms with Gasteiger partial charge in [-0.3, -0.25) is 4.79 Å². The lowest BCUT2D eigenvalue weighted by Gasteiger charge is -2.13. The summed E-state index contributed by atoms with van der Waals surface area (Å²) < 4.78 is 0. The minimum Gasteiger partial charge on any atom is -0.384 e. The smallest absolute Gasteiger partial charge is 0.225 e. The first-order chi connectivity index (χ1) is 10.3. The first-order valence-corrected chi connectivity index (χ1v) is 7.63. The number of nitrogens with zero attached hydrogens (tertiary/aromatic N) is 1. The minimum atomic E-state index is -0.175. The number of hydrogen-bond acceptors (Lipinski definition) is 3. The molecule has 2 rings (SSSR count). The summed E-state index contributed by atoms with van der Waals surface area (Å²) in [6.45, 7) is -0.175. The van der Waals surface area contributed by atoms with Crippen LogP contribution in [0.25, 0.3) is 0 Å². The van der Waals surface area contributed by atoms with Crippen molar-refractivity contribution in [2.75, 3.05) is 11.9 Å². The normalized spacial score (nSPS) is 15.7. The number of aromatic nitrogens is 1. The number of aliphatic hydroxyl groups excluding tert-OH is 1. The van der Waals surface area contributed by atoms with Crippen LogP contribution in [0.2, 0.25) is 0 Å². The Morgan fingerprint density at radius 2 is 2.10 bits per heavy atom. The standard InChI is InChI=1S/C17H22N2O2/c20-11-5-8-15-9-10-18-16(12-15)19-17(21)13-14-6-3-1-2-4-7-14/h9-10,12,14,20H,1-4,6-7,11,13H2,(H,18,19,21). The van der Waals surface area contributed by atoms with Gasteiger partial charge in [0.25, 0.3) is 0 Å². The van der Waals surface area contributed by atoms with Crippen LogP contribution in [0.15, 0.2) is 18.3 Å². The molecule has 1 amide bonds. The second kappa shape index (κ2) is 8.43. The third kappa shape index (κ3) is 5.57. The molecule has 1 saturated carbocycles. The molecule has 1 aromatic heterocycles. The maximum Gasteiger partial charge on any atom is 0.225 e. The molecule has 0 aromatic carbocycles. The van der Waals surface area contributed by atoms with Crippen LogP contribution >= 0.6 is 0 Å². The van der Waals surface area contributed by atoms with E-state index in [1.54, 1.807) is 18.3 Å². The lowest BCUT2D eigenvalue weighted by Crippen LogP contribution is -2.17. The molecule has 1 heterocycles. The van der Waals surface area contributed by atoms with Gasteiger partial charge in [0.05, 0.1) is 0 Å². The predicted molar refractivity (Wildman–Crippen MR) is 82.6 cm³/mol. The van der Waals surface area contributed by atoms with E-state index in [0.29, 0.717) is 18.2 Å². The number of aliphatic hydroxyl groups is 1. The molecule has 112 valence electrons. The number of pyridine rings is 1. The second-order valence-corrected chi connectivity index (χ2v) is 5.50. The Kier molecular flexibility index (Phi) is 6.23. The van der Waals surface area contributed by atoms with Gasteiger partial charge in [0.1, 0.15) is 12.4 Å². The number of hydrogen-bond donors (Lipinski definition) is 2. The molecule has 0 bridgehead atoms. The van der Waals surface area contributed by atoms with E-state index in [4.69, 9.17) is 5.11 Å². The van der Waals surface area contributed by atoms with E-state index < -0.39 is 0 Å². The van der Waals surface area contributed by atoms with E-state index >= 15 is 0 Å². The zero-order valence-electron chi connectivity index (χ0n) is 12.3. The van der Waals surface area contributed by atoms with Crippen molar-refractivity contribution in [2.45, 2.75) is 44.9 Å². The monoisotopic (exact) mass is 286 g/mol. The summed E-state index contributed by atoms with van der Waals surface area (Å²) in [4.78, 5) is 16.2. The average molecular weight is 286 g/mol. The fraction of sp³-hybridized carbons (Fsp3) is 0.529. The van der Waals surface area contributed by atoms with Gasteiger partial charge in [0, 0.05) is 18.2 Å². The molecule has 0 atom stereocenters. The molecule has 2 N–H and O–H groups in total. The number of amides is 1. The van der Waals surface area contributed by atoms with Gasteiger partial charge >= 0.3 is 0 Å². The third-order valence-electron chi connectivity index (χ3n) is 3.79. The average Bonchev–Trinajstić information content (AvgIpc) is 2.74. The molecule has 1 aliphatic rings. The molecule has 1 aliphatic carbocycles. The third-order valence-corrected chi connectivity index (χ3v) is 3.79. The quantitative estimate of drug-likeness (QED) is 0.663. The molecule has 4 nitrogen and oxygen atoms in total. The van der Waals surface area contributed by atoms with Crippen LogP contribution in [0.3, 0.4) is 0 Å². The molecular weight excluding hydrogens is 264 g/mol. The highest BCUT2D eigenvalue weighted by Crippen LogP contribution is 2.25. The van der Waals surface area contributed by atoms with E-state index in [1.807, 2.05) is 0 Å². The fourth-order valence-electron chi connectivity index (χ4n) is 2.74. The summed E-state index contributed by atoms with van der Waals surface area (Å²) in [6.07, 6.45) is 9.57. The van der Waals surface area contributed by atoms with Crippen LogP contribution in [-0.2, 0) is 4.79 Å². The Balaban J connectivity index is 1.89. The number of carbonyl (C=O) groups excluding carboxylic acids is 1. The number of nitrogens with one attached hydrogen (secondary N) is 1. The first-order valence-electron chi connectivity index (χ1n) is 7.63. The number of anilines is 1. The molecular formula is C17H22N2O2. The van der Waals surface area contributed by atoms with Crippen LogP contribution in [0.1, 0.15) is 50.5 Å². The molecule has 0 radical (unpaired) electrons. The summed E-state index contributed by atoms with van der Waals surface area (Å²) in [7, 11) is 0. The zero-order chi connectivity index (χ0) is 14.9. The van der Waals surface area contributed by atoms with Crippen LogP contribution < -0.4 is 5.32 Å². The fourth-order valence-corrected chi connectivity index (χ4v) is 2.74. The Bertz CT molecular complexity index is 523. The van der Waals surface area contributed by atoms with Gasteiger partial charge in [-0.25, -0.2) is 4.98 Å². The lowest BCUT2D eigenvalue weighted by molar-refractivity contribution is -0.117. The molecule has 21 heavy (non-hydrogen) atoms. The molecule has 0 unspecified atom stereocenters. The highest BCUT2D eigenvalue weighted by atomic mass is 16.2. The predicted octanol–water partition coefficient (Wildman–Crippen LogP) is 2.72. The highest BCUT2D eigenvalue weighted by Gasteiger charge is 2.16. The largest absolute Gasteiger partial charge is 0.384 e. The van der Waals surface area contributed by atoms with Gasteiger partial charge in [0.2, 0.25) is 5.91 Å². The van der Waals surface area contributed by atoms with Crippen molar-refractivity contribution in [2.24, 2.45) is 5.92 Å². The van der Waals surface area contributed by atoms with Crippen molar-refractivity contribution in [1.82, 2.24) is 4.98 Å². The first kappa shape index (κ1) is 15.5. The van der Waals surface area contributed by atoms with E-state index in [1.165, 1.54) is 25.7 Å². The molecule has 0 saturated heterocycles. The van der Waals surface area contributed by atoms with Crippen molar-refractivity contribution in [3.8, 4) is 11.8 Å². The van der Waals surface area contributed by atoms with Crippen LogP contribution in [0.4, 0.5) is 5.82 Å². The Hall–Kier alpha value is -1.86. The zero-order valence-corrected chi connectivity index (χ0v) is 12.3. The summed E-state index contributed by atoms with van der Waals surface area (Å²) in [5, 5.41) is 11.5. The Labute approximate surface area is 126 Å². The van der Waals surface area contributed by atoms with Crippen LogP contribution in [0, 0.1) is 17.8 Å². The van der Waals surface area contributed by atoms with E-state index in [0.717, 1.165) is 18.4 Å². The van der Waals surface area contributed by atoms with Gasteiger partial charge in [-0.15, -0.1) is 0 Å². The van der Waals surface area contributed by atoms with Gasteiger partial charge < -0.3 is 10.4 Å². The second-order valence-electron chi connectivity index (χ2n) is 5.50. The van der Waals surface area contributed by atoms with Crippen molar-refractivity contribution in [3.63, 3.8) is 0 Å². The SMILES string of the molecule is O=C(CC1CCCCCC1)Nc1cc(C#CCO)ccn1. The summed E-state index contributed by atoms with van der Waals surface area (Å²) in [5.74, 6) is 6.45. The van der Waals surface area contributed by atoms with Crippen molar-refractivity contribution < 1.29 is 9.90 Å². The summed E-state index contributed by atoms with van der Waals surface area (Å²) in [5.41, 5.74) is 0.740. The highest BCUT2D eigenvalue weighted by molar-refractivity contribution is 5.90. The summed E-state index contributed by atoms with van der Waals surface area (Å²) >= 11 is 0. The molecule has 4 heteroatoms. The van der Waals surface area contributed by atoms with Gasteiger partial charge in [-0.2, -0.15) is 0 Å². The van der Waals surface area contributed by atoms with Gasteiger partial charge in [0.15, 0.2) is 0 Å². The van der Waals surface area contributed by atoms with Gasteiger partial charge in [-0.1, -0.05) is 37.5 Å². The molecule has 0 spiro atoms. The van der Waals surface area contributed by atoms with Crippen LogP contribution in [0.5, 0.6) is 0 Å². The van der Waals surface area contributed by atoms with E-state index in [-0.39, 0.29) is 12.5 Å². The van der Waals surface area contributed by atoms with Crippen molar-refractivity contribution in [1.29, 1.82) is 0 Å². The molecule has 1 fully saturated rings. The molecule has 0 aliphatic heterocycles. The topological polar surface area (TPSA) is 62.2 Å². The maximum atomic E-state index is 12.1. The summed E-state index contributed by atoms with van der Waals surface area (Å²) in [6, 6.07) is 3.48. The molecule has 1 aromatic rings. The van der Waals surface area contributed by atoms with E-state index in [9.17, 15) is 4.79 Å². The maximum absolute atomic E-state index is 12.1. The Morgan fingerprint density at radius 3 is 2.81 bits per heavy atom.